The summed E-state index contributed by atoms with van der Waals surface area (Å²) in [6, 6.07) is 4.94. The summed E-state index contributed by atoms with van der Waals surface area (Å²) in [6.07, 6.45) is 2.24. The highest BCUT2D eigenvalue weighted by molar-refractivity contribution is 5.95. The number of rotatable bonds is 3. The van der Waals surface area contributed by atoms with Crippen molar-refractivity contribution in [3.05, 3.63) is 29.3 Å². The van der Waals surface area contributed by atoms with Crippen molar-refractivity contribution in [1.82, 2.24) is 10.2 Å². The fourth-order valence-corrected chi connectivity index (χ4v) is 2.76. The maximum Gasteiger partial charge on any atom is 0.254 e. The van der Waals surface area contributed by atoms with E-state index >= 15 is 0 Å². The van der Waals surface area contributed by atoms with Gasteiger partial charge in [-0.05, 0) is 63.0 Å². The minimum atomic E-state index is 0.0818. The molecule has 1 aliphatic rings. The van der Waals surface area contributed by atoms with Gasteiger partial charge in [0.1, 0.15) is 5.75 Å². The van der Waals surface area contributed by atoms with Gasteiger partial charge >= 0.3 is 0 Å². The maximum atomic E-state index is 12.5. The largest absolute Gasteiger partial charge is 0.508 e. The Labute approximate surface area is 114 Å². The fourth-order valence-electron chi connectivity index (χ4n) is 2.76. The SMILES string of the molecule is CNCC1CCCN(C(=O)c2ccc(O)cc2C)C1. The Morgan fingerprint density at radius 3 is 3.00 bits per heavy atom. The van der Waals surface area contributed by atoms with E-state index < -0.39 is 0 Å². The van der Waals surface area contributed by atoms with Gasteiger partial charge in [-0.15, -0.1) is 0 Å². The van der Waals surface area contributed by atoms with Gasteiger partial charge in [0.05, 0.1) is 0 Å². The molecule has 1 heterocycles. The molecule has 4 nitrogen and oxygen atoms in total. The van der Waals surface area contributed by atoms with Crippen molar-refractivity contribution >= 4 is 5.91 Å². The van der Waals surface area contributed by atoms with Crippen LogP contribution in [0, 0.1) is 12.8 Å². The first-order chi connectivity index (χ1) is 9.11. The number of nitrogens with one attached hydrogen (secondary N) is 1. The molecule has 1 aromatic carbocycles. The van der Waals surface area contributed by atoms with E-state index in [1.54, 1.807) is 18.2 Å². The van der Waals surface area contributed by atoms with E-state index in [9.17, 15) is 9.90 Å². The molecule has 0 saturated carbocycles. The van der Waals surface area contributed by atoms with Crippen molar-refractivity contribution in [3.8, 4) is 5.75 Å². The van der Waals surface area contributed by atoms with Crippen LogP contribution in [0.15, 0.2) is 18.2 Å². The van der Waals surface area contributed by atoms with Crippen LogP contribution in [-0.4, -0.2) is 42.6 Å². The van der Waals surface area contributed by atoms with E-state index in [0.717, 1.165) is 31.6 Å². The molecule has 0 radical (unpaired) electrons. The molecule has 0 aromatic heterocycles. The number of amides is 1. The van der Waals surface area contributed by atoms with Crippen molar-refractivity contribution < 1.29 is 9.90 Å². The van der Waals surface area contributed by atoms with E-state index in [1.165, 1.54) is 6.42 Å². The number of phenols is 1. The molecule has 1 aromatic rings. The van der Waals surface area contributed by atoms with Gasteiger partial charge < -0.3 is 15.3 Å². The second kappa shape index (κ2) is 6.06. The van der Waals surface area contributed by atoms with E-state index in [2.05, 4.69) is 5.32 Å². The summed E-state index contributed by atoms with van der Waals surface area (Å²) >= 11 is 0. The van der Waals surface area contributed by atoms with Gasteiger partial charge in [0.25, 0.3) is 5.91 Å². The molecule has 2 N–H and O–H groups in total. The number of carbonyl (C=O) groups is 1. The highest BCUT2D eigenvalue weighted by Crippen LogP contribution is 2.21. The second-order valence-electron chi connectivity index (χ2n) is 5.32. The van der Waals surface area contributed by atoms with Crippen LogP contribution < -0.4 is 5.32 Å². The molecule has 1 atom stereocenters. The standard InChI is InChI=1S/C15H22N2O2/c1-11-8-13(18)5-6-14(11)15(19)17-7-3-4-12(10-17)9-16-2/h5-6,8,12,16,18H,3-4,7,9-10H2,1-2H3. The van der Waals surface area contributed by atoms with Crippen LogP contribution in [0.4, 0.5) is 0 Å². The summed E-state index contributed by atoms with van der Waals surface area (Å²) in [7, 11) is 1.95. The van der Waals surface area contributed by atoms with Crippen LogP contribution in [-0.2, 0) is 0 Å². The fraction of sp³-hybridized carbons (Fsp3) is 0.533. The van der Waals surface area contributed by atoms with E-state index in [4.69, 9.17) is 0 Å². The van der Waals surface area contributed by atoms with Crippen molar-refractivity contribution in [2.45, 2.75) is 19.8 Å². The van der Waals surface area contributed by atoms with Crippen LogP contribution in [0.5, 0.6) is 5.75 Å². The van der Waals surface area contributed by atoms with Crippen LogP contribution in [0.3, 0.4) is 0 Å². The molecular weight excluding hydrogens is 240 g/mol. The van der Waals surface area contributed by atoms with Crippen molar-refractivity contribution in [2.75, 3.05) is 26.7 Å². The summed E-state index contributed by atoms with van der Waals surface area (Å²) in [4.78, 5) is 14.4. The number of nitrogens with zero attached hydrogens (tertiary/aromatic N) is 1. The predicted octanol–water partition coefficient (Wildman–Crippen LogP) is 1.77. The van der Waals surface area contributed by atoms with Gasteiger partial charge in [-0.25, -0.2) is 0 Å². The zero-order valence-electron chi connectivity index (χ0n) is 11.6. The summed E-state index contributed by atoms with van der Waals surface area (Å²) in [6.45, 7) is 4.47. The highest BCUT2D eigenvalue weighted by atomic mass is 16.3. The Kier molecular flexibility index (Phi) is 4.43. The molecule has 1 unspecified atom stereocenters. The first-order valence-electron chi connectivity index (χ1n) is 6.85. The number of likely N-dealkylation sites (tertiary alicyclic amines) is 1. The molecular formula is C15H22N2O2. The molecule has 1 aliphatic heterocycles. The molecule has 1 fully saturated rings. The molecule has 0 bridgehead atoms. The van der Waals surface area contributed by atoms with Crippen molar-refractivity contribution in [1.29, 1.82) is 0 Å². The zero-order valence-corrected chi connectivity index (χ0v) is 11.6. The second-order valence-corrected chi connectivity index (χ2v) is 5.32. The lowest BCUT2D eigenvalue weighted by Gasteiger charge is -2.33. The molecule has 19 heavy (non-hydrogen) atoms. The van der Waals surface area contributed by atoms with Gasteiger partial charge in [0, 0.05) is 18.7 Å². The van der Waals surface area contributed by atoms with E-state index in [-0.39, 0.29) is 11.7 Å². The van der Waals surface area contributed by atoms with Gasteiger partial charge in [-0.3, -0.25) is 4.79 Å². The lowest BCUT2D eigenvalue weighted by Crippen LogP contribution is -2.42. The molecule has 0 spiro atoms. The van der Waals surface area contributed by atoms with Gasteiger partial charge in [0.2, 0.25) is 0 Å². The number of aromatic hydroxyl groups is 1. The van der Waals surface area contributed by atoms with Crippen LogP contribution >= 0.6 is 0 Å². The number of piperidine rings is 1. The van der Waals surface area contributed by atoms with Gasteiger partial charge in [-0.1, -0.05) is 0 Å². The van der Waals surface area contributed by atoms with Crippen LogP contribution in [0.1, 0.15) is 28.8 Å². The number of aryl methyl sites for hydroxylation is 1. The number of hydrogen-bond donors (Lipinski definition) is 2. The van der Waals surface area contributed by atoms with Crippen LogP contribution in [0.25, 0.3) is 0 Å². The number of carbonyl (C=O) groups excluding carboxylic acids is 1. The first kappa shape index (κ1) is 13.9. The Morgan fingerprint density at radius 1 is 1.53 bits per heavy atom. The Balaban J connectivity index is 2.10. The highest BCUT2D eigenvalue weighted by Gasteiger charge is 2.24. The Hall–Kier alpha value is -1.55. The number of hydrogen-bond acceptors (Lipinski definition) is 3. The summed E-state index contributed by atoms with van der Waals surface area (Å²) in [5.74, 6) is 0.833. The monoisotopic (exact) mass is 262 g/mol. The third kappa shape index (κ3) is 3.26. The predicted molar refractivity (Wildman–Crippen MR) is 75.4 cm³/mol. The third-order valence-electron chi connectivity index (χ3n) is 3.74. The average Bonchev–Trinajstić information content (AvgIpc) is 2.39. The van der Waals surface area contributed by atoms with Crippen LogP contribution in [0.2, 0.25) is 0 Å². The van der Waals surface area contributed by atoms with Gasteiger partial charge in [-0.2, -0.15) is 0 Å². The molecule has 1 saturated heterocycles. The first-order valence-corrected chi connectivity index (χ1v) is 6.85. The van der Waals surface area contributed by atoms with E-state index in [0.29, 0.717) is 11.5 Å². The summed E-state index contributed by atoms with van der Waals surface area (Å²) in [5, 5.41) is 12.6. The zero-order chi connectivity index (χ0) is 13.8. The average molecular weight is 262 g/mol. The smallest absolute Gasteiger partial charge is 0.254 e. The molecule has 0 aliphatic carbocycles. The maximum absolute atomic E-state index is 12.5. The van der Waals surface area contributed by atoms with Crippen molar-refractivity contribution in [2.24, 2.45) is 5.92 Å². The van der Waals surface area contributed by atoms with E-state index in [1.807, 2.05) is 18.9 Å². The summed E-state index contributed by atoms with van der Waals surface area (Å²) < 4.78 is 0. The lowest BCUT2D eigenvalue weighted by atomic mass is 9.96. The molecule has 4 heteroatoms. The minimum Gasteiger partial charge on any atom is -0.508 e. The van der Waals surface area contributed by atoms with Crippen molar-refractivity contribution in [3.63, 3.8) is 0 Å². The number of phenolic OH excluding ortho intramolecular Hbond substituents is 1. The topological polar surface area (TPSA) is 52.6 Å². The molecule has 2 rings (SSSR count). The third-order valence-corrected chi connectivity index (χ3v) is 3.74. The minimum absolute atomic E-state index is 0.0818. The Morgan fingerprint density at radius 2 is 2.32 bits per heavy atom. The normalized spacial score (nSPS) is 19.5. The Bertz CT molecular complexity index is 457. The van der Waals surface area contributed by atoms with Gasteiger partial charge in [0.15, 0.2) is 0 Å². The molecule has 104 valence electrons. The summed E-state index contributed by atoms with van der Waals surface area (Å²) in [5.41, 5.74) is 1.53. The quantitative estimate of drug-likeness (QED) is 0.873. The number of benzene rings is 1. The molecule has 1 amide bonds. The lowest BCUT2D eigenvalue weighted by molar-refractivity contribution is 0.0673.